The summed E-state index contributed by atoms with van der Waals surface area (Å²) in [7, 11) is 0. The number of amides is 2. The van der Waals surface area contributed by atoms with Crippen molar-refractivity contribution in [3.63, 3.8) is 0 Å². The highest BCUT2D eigenvalue weighted by Gasteiger charge is 2.26. The Hall–Kier alpha value is -1.36. The van der Waals surface area contributed by atoms with Crippen molar-refractivity contribution in [3.05, 3.63) is 16.0 Å². The Bertz CT molecular complexity index is 508. The Kier molecular flexibility index (Phi) is 4.24. The van der Waals surface area contributed by atoms with Crippen molar-refractivity contribution in [2.75, 3.05) is 5.32 Å². The fourth-order valence-electron chi connectivity index (χ4n) is 2.52. The van der Waals surface area contributed by atoms with Crippen LogP contribution in [0.2, 0.25) is 0 Å². The van der Waals surface area contributed by atoms with Gasteiger partial charge < -0.3 is 11.1 Å². The van der Waals surface area contributed by atoms with Crippen molar-refractivity contribution < 1.29 is 9.59 Å². The summed E-state index contributed by atoms with van der Waals surface area (Å²) in [6.07, 6.45) is 4.20. The maximum atomic E-state index is 11.7. The van der Waals surface area contributed by atoms with Gasteiger partial charge in [0, 0.05) is 11.3 Å². The highest BCUT2D eigenvalue weighted by atomic mass is 32.1. The van der Waals surface area contributed by atoms with E-state index in [1.165, 1.54) is 16.2 Å². The van der Waals surface area contributed by atoms with Crippen LogP contribution in [-0.4, -0.2) is 11.8 Å². The third kappa shape index (κ3) is 2.97. The lowest BCUT2D eigenvalue weighted by Gasteiger charge is -2.18. The zero-order chi connectivity index (χ0) is 14.0. The standard InChI is InChI=1S/C14H20N2O2S/c1-3-4-11(17)16-14-12(13(15)18)9-6-5-8(2)7-10(9)19-14/h8H,3-7H2,1-2H3,(H2,15,18)(H,16,17). The summed E-state index contributed by atoms with van der Waals surface area (Å²) in [4.78, 5) is 24.6. The van der Waals surface area contributed by atoms with Gasteiger partial charge in [0.25, 0.3) is 5.91 Å². The van der Waals surface area contributed by atoms with E-state index in [1.54, 1.807) is 0 Å². The second-order valence-corrected chi connectivity index (χ2v) is 6.32. The number of primary amides is 1. The third-order valence-corrected chi connectivity index (χ3v) is 4.66. The number of hydrogen-bond donors (Lipinski definition) is 2. The number of hydrogen-bond acceptors (Lipinski definition) is 3. The number of carbonyl (C=O) groups excluding carboxylic acids is 2. The Morgan fingerprint density at radius 2 is 2.21 bits per heavy atom. The van der Waals surface area contributed by atoms with Crippen molar-refractivity contribution in [1.29, 1.82) is 0 Å². The number of fused-ring (bicyclic) bond motifs is 1. The quantitative estimate of drug-likeness (QED) is 0.890. The molecular weight excluding hydrogens is 260 g/mol. The van der Waals surface area contributed by atoms with Gasteiger partial charge >= 0.3 is 0 Å². The van der Waals surface area contributed by atoms with Crippen molar-refractivity contribution >= 4 is 28.2 Å². The summed E-state index contributed by atoms with van der Waals surface area (Å²) in [6.45, 7) is 4.16. The molecule has 1 aliphatic carbocycles. The van der Waals surface area contributed by atoms with Gasteiger partial charge in [-0.25, -0.2) is 0 Å². The highest BCUT2D eigenvalue weighted by molar-refractivity contribution is 7.17. The third-order valence-electron chi connectivity index (χ3n) is 3.49. The first-order valence-electron chi connectivity index (χ1n) is 6.77. The van der Waals surface area contributed by atoms with Gasteiger partial charge in [0.1, 0.15) is 5.00 Å². The molecule has 2 rings (SSSR count). The zero-order valence-electron chi connectivity index (χ0n) is 11.4. The molecule has 0 saturated heterocycles. The number of nitrogens with two attached hydrogens (primary N) is 1. The van der Waals surface area contributed by atoms with Crippen LogP contribution in [0.4, 0.5) is 5.00 Å². The molecule has 2 amide bonds. The van der Waals surface area contributed by atoms with E-state index in [2.05, 4.69) is 12.2 Å². The van der Waals surface area contributed by atoms with E-state index < -0.39 is 5.91 Å². The van der Waals surface area contributed by atoms with Crippen molar-refractivity contribution in [2.45, 2.75) is 46.0 Å². The summed E-state index contributed by atoms with van der Waals surface area (Å²) >= 11 is 1.52. The molecule has 1 aromatic heterocycles. The summed E-state index contributed by atoms with van der Waals surface area (Å²) in [6, 6.07) is 0. The Labute approximate surface area is 117 Å². The molecule has 3 N–H and O–H groups in total. The Morgan fingerprint density at radius 3 is 2.84 bits per heavy atom. The van der Waals surface area contributed by atoms with Gasteiger partial charge in [-0.2, -0.15) is 0 Å². The van der Waals surface area contributed by atoms with E-state index in [-0.39, 0.29) is 5.91 Å². The molecule has 0 radical (unpaired) electrons. The van der Waals surface area contributed by atoms with E-state index in [9.17, 15) is 9.59 Å². The van der Waals surface area contributed by atoms with Crippen LogP contribution in [0.3, 0.4) is 0 Å². The van der Waals surface area contributed by atoms with Gasteiger partial charge in [0.05, 0.1) is 5.56 Å². The predicted octanol–water partition coefficient (Wildman–Crippen LogP) is 2.71. The van der Waals surface area contributed by atoms with Crippen LogP contribution in [-0.2, 0) is 17.6 Å². The smallest absolute Gasteiger partial charge is 0.251 e. The van der Waals surface area contributed by atoms with Gasteiger partial charge in [0.2, 0.25) is 5.91 Å². The molecule has 1 heterocycles. The van der Waals surface area contributed by atoms with Gasteiger partial charge in [-0.1, -0.05) is 13.8 Å². The minimum absolute atomic E-state index is 0.0448. The topological polar surface area (TPSA) is 72.2 Å². The van der Waals surface area contributed by atoms with E-state index in [0.717, 1.165) is 31.2 Å². The highest BCUT2D eigenvalue weighted by Crippen LogP contribution is 2.39. The molecule has 0 bridgehead atoms. The summed E-state index contributed by atoms with van der Waals surface area (Å²) in [5.41, 5.74) is 7.08. The van der Waals surface area contributed by atoms with Crippen LogP contribution in [0.15, 0.2) is 0 Å². The Balaban J connectivity index is 2.32. The van der Waals surface area contributed by atoms with Crippen LogP contribution in [0.5, 0.6) is 0 Å². The number of thiophene rings is 1. The maximum absolute atomic E-state index is 11.7. The minimum atomic E-state index is -0.432. The fraction of sp³-hybridized carbons (Fsp3) is 0.571. The average molecular weight is 280 g/mol. The number of carbonyl (C=O) groups is 2. The average Bonchev–Trinajstić information content (AvgIpc) is 2.65. The summed E-state index contributed by atoms with van der Waals surface area (Å²) in [5.74, 6) is 0.154. The van der Waals surface area contributed by atoms with Crippen LogP contribution >= 0.6 is 11.3 Å². The van der Waals surface area contributed by atoms with E-state index in [0.29, 0.717) is 22.9 Å². The molecule has 0 aromatic carbocycles. The summed E-state index contributed by atoms with van der Waals surface area (Å²) < 4.78 is 0. The molecule has 104 valence electrons. The number of nitrogens with one attached hydrogen (secondary N) is 1. The first kappa shape index (κ1) is 14.1. The normalized spacial score (nSPS) is 17.9. The molecular formula is C14H20N2O2S. The molecule has 1 aliphatic rings. The van der Waals surface area contributed by atoms with E-state index in [4.69, 9.17) is 5.73 Å². The predicted molar refractivity (Wildman–Crippen MR) is 77.6 cm³/mol. The molecule has 5 heteroatoms. The second-order valence-electron chi connectivity index (χ2n) is 5.22. The fourth-order valence-corrected chi connectivity index (χ4v) is 3.95. The van der Waals surface area contributed by atoms with Gasteiger partial charge in [0.15, 0.2) is 0 Å². The molecule has 1 atom stereocenters. The maximum Gasteiger partial charge on any atom is 0.251 e. The van der Waals surface area contributed by atoms with Crippen molar-refractivity contribution in [3.8, 4) is 0 Å². The largest absolute Gasteiger partial charge is 0.365 e. The molecule has 0 fully saturated rings. The monoisotopic (exact) mass is 280 g/mol. The number of rotatable bonds is 4. The lowest BCUT2D eigenvalue weighted by molar-refractivity contribution is -0.116. The van der Waals surface area contributed by atoms with Crippen LogP contribution < -0.4 is 11.1 Å². The molecule has 1 aromatic rings. The van der Waals surface area contributed by atoms with Crippen LogP contribution in [0.25, 0.3) is 0 Å². The lowest BCUT2D eigenvalue weighted by atomic mass is 9.88. The lowest BCUT2D eigenvalue weighted by Crippen LogP contribution is -2.19. The summed E-state index contributed by atoms with van der Waals surface area (Å²) in [5, 5.41) is 3.49. The van der Waals surface area contributed by atoms with Crippen molar-refractivity contribution in [2.24, 2.45) is 11.7 Å². The molecule has 19 heavy (non-hydrogen) atoms. The Morgan fingerprint density at radius 1 is 1.47 bits per heavy atom. The molecule has 0 spiro atoms. The van der Waals surface area contributed by atoms with Gasteiger partial charge in [-0.05, 0) is 37.2 Å². The molecule has 0 saturated carbocycles. The van der Waals surface area contributed by atoms with E-state index >= 15 is 0 Å². The van der Waals surface area contributed by atoms with Crippen LogP contribution in [0, 0.1) is 5.92 Å². The van der Waals surface area contributed by atoms with Crippen LogP contribution in [0.1, 0.15) is 53.9 Å². The van der Waals surface area contributed by atoms with Crippen molar-refractivity contribution in [1.82, 2.24) is 0 Å². The van der Waals surface area contributed by atoms with E-state index in [1.807, 2.05) is 6.92 Å². The minimum Gasteiger partial charge on any atom is -0.365 e. The first-order chi connectivity index (χ1) is 9.02. The zero-order valence-corrected chi connectivity index (χ0v) is 12.2. The molecule has 0 aliphatic heterocycles. The molecule has 1 unspecified atom stereocenters. The van der Waals surface area contributed by atoms with Gasteiger partial charge in [-0.3, -0.25) is 9.59 Å². The molecule has 4 nitrogen and oxygen atoms in total. The SMILES string of the molecule is CCCC(=O)Nc1sc2c(c1C(N)=O)CCC(C)C2. The first-order valence-corrected chi connectivity index (χ1v) is 7.58. The number of anilines is 1. The van der Waals surface area contributed by atoms with Gasteiger partial charge in [-0.15, -0.1) is 11.3 Å². The second kappa shape index (κ2) is 5.74.